The van der Waals surface area contributed by atoms with Gasteiger partial charge in [-0.15, -0.1) is 0 Å². The summed E-state index contributed by atoms with van der Waals surface area (Å²) < 4.78 is 28.3. The molecule has 21 heavy (non-hydrogen) atoms. The van der Waals surface area contributed by atoms with Crippen LogP contribution in [0.4, 0.5) is 14.5 Å². The van der Waals surface area contributed by atoms with Gasteiger partial charge in [0.25, 0.3) is 5.91 Å². The third-order valence-electron chi connectivity index (χ3n) is 2.82. The number of alkyl halides is 2. The maximum atomic E-state index is 12.1. The molecule has 1 N–H and O–H groups in total. The monoisotopic (exact) mass is 291 g/mol. The number of aryl methyl sites for hydroxylation is 2. The number of carbonyl (C=O) groups is 1. The highest BCUT2D eigenvalue weighted by atomic mass is 19.3. The van der Waals surface area contributed by atoms with Gasteiger partial charge in [0.15, 0.2) is 0 Å². The molecule has 0 spiro atoms. The number of amides is 1. The van der Waals surface area contributed by atoms with Gasteiger partial charge in [0.1, 0.15) is 5.75 Å². The Kier molecular flexibility index (Phi) is 4.52. The van der Waals surface area contributed by atoms with Crippen molar-refractivity contribution in [2.45, 2.75) is 20.5 Å². The highest BCUT2D eigenvalue weighted by molar-refractivity contribution is 6.04. The van der Waals surface area contributed by atoms with Gasteiger partial charge in [0.2, 0.25) is 0 Å². The fourth-order valence-corrected chi connectivity index (χ4v) is 2.03. The molecule has 0 aliphatic rings. The van der Waals surface area contributed by atoms with E-state index in [1.54, 1.807) is 12.1 Å². The van der Waals surface area contributed by atoms with Crippen molar-refractivity contribution in [2.24, 2.45) is 0 Å². The Morgan fingerprint density at radius 3 is 2.14 bits per heavy atom. The Labute approximate surface area is 121 Å². The first-order chi connectivity index (χ1) is 9.94. The molecule has 0 bridgehead atoms. The van der Waals surface area contributed by atoms with Gasteiger partial charge in [0.05, 0.1) is 0 Å². The summed E-state index contributed by atoms with van der Waals surface area (Å²) in [6, 6.07) is 11.3. The van der Waals surface area contributed by atoms with Gasteiger partial charge < -0.3 is 10.1 Å². The molecule has 0 aromatic heterocycles. The van der Waals surface area contributed by atoms with Crippen LogP contribution in [0.2, 0.25) is 0 Å². The Balaban J connectivity index is 2.08. The number of nitrogens with one attached hydrogen (secondary N) is 1. The van der Waals surface area contributed by atoms with Crippen molar-refractivity contribution in [1.29, 1.82) is 0 Å². The molecular formula is C16H15F2NO2. The van der Waals surface area contributed by atoms with Crippen molar-refractivity contribution < 1.29 is 18.3 Å². The lowest BCUT2D eigenvalue weighted by Gasteiger charge is -2.08. The molecule has 1 amide bonds. The minimum absolute atomic E-state index is 0.0504. The van der Waals surface area contributed by atoms with Crippen LogP contribution in [0.15, 0.2) is 42.5 Å². The smallest absolute Gasteiger partial charge is 0.387 e. The molecule has 0 radical (unpaired) electrons. The van der Waals surface area contributed by atoms with Gasteiger partial charge >= 0.3 is 6.61 Å². The molecule has 3 nitrogen and oxygen atoms in total. The van der Waals surface area contributed by atoms with Crippen LogP contribution in [-0.4, -0.2) is 12.5 Å². The van der Waals surface area contributed by atoms with Gasteiger partial charge in [-0.1, -0.05) is 17.2 Å². The number of ether oxygens (including phenoxy) is 1. The second-order valence-corrected chi connectivity index (χ2v) is 4.73. The van der Waals surface area contributed by atoms with Crippen LogP contribution < -0.4 is 10.1 Å². The third-order valence-corrected chi connectivity index (χ3v) is 2.82. The maximum Gasteiger partial charge on any atom is 0.387 e. The summed E-state index contributed by atoms with van der Waals surface area (Å²) in [6.07, 6.45) is 0. The van der Waals surface area contributed by atoms with Crippen molar-refractivity contribution in [2.75, 3.05) is 5.32 Å². The number of rotatable bonds is 4. The lowest BCUT2D eigenvalue weighted by molar-refractivity contribution is -0.0498. The number of carbonyl (C=O) groups excluding carboxylic acids is 1. The Morgan fingerprint density at radius 1 is 1.05 bits per heavy atom. The van der Waals surface area contributed by atoms with Crippen molar-refractivity contribution in [3.8, 4) is 5.75 Å². The lowest BCUT2D eigenvalue weighted by atomic mass is 10.1. The molecule has 0 aliphatic carbocycles. The molecule has 110 valence electrons. The van der Waals surface area contributed by atoms with Crippen molar-refractivity contribution in [3.05, 3.63) is 59.2 Å². The molecule has 0 unspecified atom stereocenters. The van der Waals surface area contributed by atoms with E-state index in [1.165, 1.54) is 24.3 Å². The second kappa shape index (κ2) is 6.35. The van der Waals surface area contributed by atoms with Crippen LogP contribution in [0.25, 0.3) is 0 Å². The van der Waals surface area contributed by atoms with Crippen LogP contribution in [0.3, 0.4) is 0 Å². The van der Waals surface area contributed by atoms with E-state index in [4.69, 9.17) is 0 Å². The second-order valence-electron chi connectivity index (χ2n) is 4.73. The summed E-state index contributed by atoms with van der Waals surface area (Å²) >= 11 is 0. The van der Waals surface area contributed by atoms with E-state index in [0.29, 0.717) is 11.3 Å². The van der Waals surface area contributed by atoms with Crippen LogP contribution in [0.1, 0.15) is 21.5 Å². The molecule has 0 atom stereocenters. The average molecular weight is 291 g/mol. The predicted molar refractivity (Wildman–Crippen MR) is 76.9 cm³/mol. The maximum absolute atomic E-state index is 12.1. The summed E-state index contributed by atoms with van der Waals surface area (Å²) in [5.41, 5.74) is 3.07. The summed E-state index contributed by atoms with van der Waals surface area (Å²) in [5, 5.41) is 2.71. The predicted octanol–water partition coefficient (Wildman–Crippen LogP) is 4.16. The number of hydrogen-bond donors (Lipinski definition) is 1. The SMILES string of the molecule is Cc1cc(C)cc(C(=O)Nc2ccc(OC(F)F)cc2)c1. The van der Waals surface area contributed by atoms with Gasteiger partial charge in [-0.3, -0.25) is 4.79 Å². The largest absolute Gasteiger partial charge is 0.435 e. The highest BCUT2D eigenvalue weighted by Crippen LogP contribution is 2.18. The van der Waals surface area contributed by atoms with Crippen LogP contribution in [0, 0.1) is 13.8 Å². The summed E-state index contributed by atoms with van der Waals surface area (Å²) in [6.45, 7) is 0.973. The zero-order valence-electron chi connectivity index (χ0n) is 11.7. The van der Waals surface area contributed by atoms with Crippen molar-refractivity contribution in [1.82, 2.24) is 0 Å². The quantitative estimate of drug-likeness (QED) is 0.918. The third kappa shape index (κ3) is 4.27. The molecule has 2 aromatic carbocycles. The molecular weight excluding hydrogens is 276 g/mol. The Hall–Kier alpha value is -2.43. The van der Waals surface area contributed by atoms with E-state index in [2.05, 4.69) is 10.1 Å². The van der Waals surface area contributed by atoms with Crippen molar-refractivity contribution in [3.63, 3.8) is 0 Å². The minimum Gasteiger partial charge on any atom is -0.435 e. The number of anilines is 1. The summed E-state index contributed by atoms with van der Waals surface area (Å²) in [4.78, 5) is 12.1. The Morgan fingerprint density at radius 2 is 1.62 bits per heavy atom. The molecule has 0 aliphatic heterocycles. The van der Waals surface area contributed by atoms with Crippen molar-refractivity contribution >= 4 is 11.6 Å². The zero-order chi connectivity index (χ0) is 15.4. The van der Waals surface area contributed by atoms with E-state index in [9.17, 15) is 13.6 Å². The molecule has 2 aromatic rings. The lowest BCUT2D eigenvalue weighted by Crippen LogP contribution is -2.12. The highest BCUT2D eigenvalue weighted by Gasteiger charge is 2.08. The normalized spacial score (nSPS) is 10.5. The number of halogens is 2. The summed E-state index contributed by atoms with van der Waals surface area (Å²) in [5.74, 6) is -0.196. The van der Waals surface area contributed by atoms with Gasteiger partial charge in [0, 0.05) is 11.3 Å². The standard InChI is InChI=1S/C16H15F2NO2/c1-10-7-11(2)9-12(8-10)15(20)19-13-3-5-14(6-4-13)21-16(17)18/h3-9,16H,1-2H3,(H,19,20). The number of benzene rings is 2. The van der Waals surface area contributed by atoms with E-state index in [1.807, 2.05) is 19.9 Å². The van der Waals surface area contributed by atoms with Crippen LogP contribution >= 0.6 is 0 Å². The molecule has 0 fully saturated rings. The molecule has 5 heteroatoms. The topological polar surface area (TPSA) is 38.3 Å². The minimum atomic E-state index is -2.86. The van der Waals surface area contributed by atoms with E-state index < -0.39 is 6.61 Å². The summed E-state index contributed by atoms with van der Waals surface area (Å²) in [7, 11) is 0. The molecule has 0 heterocycles. The van der Waals surface area contributed by atoms with E-state index in [-0.39, 0.29) is 11.7 Å². The molecule has 2 rings (SSSR count). The van der Waals surface area contributed by atoms with Crippen LogP contribution in [-0.2, 0) is 0 Å². The van der Waals surface area contributed by atoms with Crippen LogP contribution in [0.5, 0.6) is 5.75 Å². The van der Waals surface area contributed by atoms with Gasteiger partial charge in [-0.2, -0.15) is 8.78 Å². The zero-order valence-corrected chi connectivity index (χ0v) is 11.7. The number of hydrogen-bond acceptors (Lipinski definition) is 2. The Bertz CT molecular complexity index is 619. The molecule has 0 saturated heterocycles. The average Bonchev–Trinajstić information content (AvgIpc) is 2.39. The fraction of sp³-hybridized carbons (Fsp3) is 0.188. The first-order valence-corrected chi connectivity index (χ1v) is 6.38. The van der Waals surface area contributed by atoms with Gasteiger partial charge in [-0.05, 0) is 50.2 Å². The van der Waals surface area contributed by atoms with E-state index >= 15 is 0 Å². The van der Waals surface area contributed by atoms with Gasteiger partial charge in [-0.25, -0.2) is 0 Å². The molecule has 0 saturated carbocycles. The van der Waals surface area contributed by atoms with E-state index in [0.717, 1.165) is 11.1 Å². The fourth-order valence-electron chi connectivity index (χ4n) is 2.03. The first-order valence-electron chi connectivity index (χ1n) is 6.38. The first kappa shape index (κ1) is 15.0.